The molecule has 0 bridgehead atoms. The lowest BCUT2D eigenvalue weighted by atomic mass is 10.1. The average Bonchev–Trinajstić information content (AvgIpc) is 2.34. The zero-order valence-electron chi connectivity index (χ0n) is 12.0. The first-order valence-corrected chi connectivity index (χ1v) is 7.99. The topological polar surface area (TPSA) is 44.3 Å². The molecule has 1 aromatic carbocycles. The molecule has 1 unspecified atom stereocenters. The van der Waals surface area contributed by atoms with Gasteiger partial charge in [-0.15, -0.1) is 4.72 Å². The standard InChI is InChI=1S/C13H17BrF3NO2S/c1-12(2,3)21(19)18-11(13(15,16)17)8-5-6-9(14)10(7-8)20-4/h5-7,11,18H,1-4H3/t11-,21?/m0/s1. The predicted molar refractivity (Wildman–Crippen MR) is 80.5 cm³/mol. The zero-order chi connectivity index (χ0) is 16.4. The molecule has 0 radical (unpaired) electrons. The summed E-state index contributed by atoms with van der Waals surface area (Å²) in [5, 5.41) is 0. The molecule has 8 heteroatoms. The molecule has 0 spiro atoms. The largest absolute Gasteiger partial charge is 0.598 e. The Morgan fingerprint density at radius 2 is 1.86 bits per heavy atom. The molecule has 0 aromatic heterocycles. The van der Waals surface area contributed by atoms with Crippen LogP contribution in [-0.2, 0) is 11.4 Å². The number of alkyl halides is 3. The third-order valence-corrected chi connectivity index (χ3v) is 4.83. The first-order valence-electron chi connectivity index (χ1n) is 6.05. The highest BCUT2D eigenvalue weighted by atomic mass is 79.9. The van der Waals surface area contributed by atoms with Crippen molar-refractivity contribution in [3.8, 4) is 5.75 Å². The van der Waals surface area contributed by atoms with Crippen molar-refractivity contribution in [3.63, 3.8) is 0 Å². The molecule has 0 fully saturated rings. The Hall–Kier alpha value is -0.440. The van der Waals surface area contributed by atoms with Gasteiger partial charge in [0.15, 0.2) is 6.04 Å². The van der Waals surface area contributed by atoms with Crippen molar-refractivity contribution in [1.82, 2.24) is 4.72 Å². The monoisotopic (exact) mass is 387 g/mol. The van der Waals surface area contributed by atoms with Crippen LogP contribution in [0.2, 0.25) is 0 Å². The smallest absolute Gasteiger partial charge is 0.412 e. The van der Waals surface area contributed by atoms with E-state index in [0.29, 0.717) is 4.47 Å². The van der Waals surface area contributed by atoms with Crippen molar-refractivity contribution in [2.24, 2.45) is 0 Å². The molecule has 0 saturated heterocycles. The van der Waals surface area contributed by atoms with Gasteiger partial charge in [-0.2, -0.15) is 13.2 Å². The summed E-state index contributed by atoms with van der Waals surface area (Å²) in [7, 11) is 1.37. The van der Waals surface area contributed by atoms with Crippen molar-refractivity contribution in [2.45, 2.75) is 37.7 Å². The van der Waals surface area contributed by atoms with E-state index in [-0.39, 0.29) is 11.3 Å². The van der Waals surface area contributed by atoms with Crippen LogP contribution in [0.4, 0.5) is 13.2 Å². The first kappa shape index (κ1) is 18.6. The van der Waals surface area contributed by atoms with Crippen LogP contribution in [0.25, 0.3) is 0 Å². The van der Waals surface area contributed by atoms with E-state index in [4.69, 9.17) is 4.74 Å². The van der Waals surface area contributed by atoms with Crippen molar-refractivity contribution >= 4 is 27.3 Å². The number of methoxy groups -OCH3 is 1. The van der Waals surface area contributed by atoms with Crippen LogP contribution in [0.15, 0.2) is 22.7 Å². The van der Waals surface area contributed by atoms with Crippen molar-refractivity contribution < 1.29 is 22.5 Å². The fraction of sp³-hybridized carbons (Fsp3) is 0.538. The average molecular weight is 388 g/mol. The van der Waals surface area contributed by atoms with Gasteiger partial charge < -0.3 is 9.29 Å². The molecule has 0 amide bonds. The molecule has 0 saturated carbocycles. The second-order valence-electron chi connectivity index (χ2n) is 5.37. The number of hydrogen-bond acceptors (Lipinski definition) is 3. The van der Waals surface area contributed by atoms with E-state index >= 15 is 0 Å². The van der Waals surface area contributed by atoms with E-state index < -0.39 is 28.3 Å². The van der Waals surface area contributed by atoms with Crippen molar-refractivity contribution in [3.05, 3.63) is 28.2 Å². The van der Waals surface area contributed by atoms with Gasteiger partial charge in [0.25, 0.3) is 0 Å². The normalized spacial score (nSPS) is 15.7. The Morgan fingerprint density at radius 3 is 2.29 bits per heavy atom. The lowest BCUT2D eigenvalue weighted by Gasteiger charge is -2.29. The molecule has 3 nitrogen and oxygen atoms in total. The van der Waals surface area contributed by atoms with Crippen LogP contribution >= 0.6 is 15.9 Å². The van der Waals surface area contributed by atoms with Crippen LogP contribution in [0.1, 0.15) is 32.4 Å². The van der Waals surface area contributed by atoms with Crippen LogP contribution in [0.5, 0.6) is 5.75 Å². The Morgan fingerprint density at radius 1 is 1.29 bits per heavy atom. The molecule has 0 aliphatic heterocycles. The first-order chi connectivity index (χ1) is 9.46. The SMILES string of the molecule is COc1cc([C@H](N[S+]([O-])C(C)(C)C)C(F)(F)F)ccc1Br. The van der Waals surface area contributed by atoms with Gasteiger partial charge in [-0.05, 0) is 54.4 Å². The lowest BCUT2D eigenvalue weighted by molar-refractivity contribution is -0.153. The summed E-state index contributed by atoms with van der Waals surface area (Å²) < 4.78 is 58.6. The summed E-state index contributed by atoms with van der Waals surface area (Å²) in [5.74, 6) is 0.282. The van der Waals surface area contributed by atoms with E-state index in [0.717, 1.165) is 0 Å². The molecule has 0 aliphatic carbocycles. The summed E-state index contributed by atoms with van der Waals surface area (Å²) in [6.45, 7) is 4.81. The minimum atomic E-state index is -4.57. The highest BCUT2D eigenvalue weighted by molar-refractivity contribution is 9.10. The summed E-state index contributed by atoms with van der Waals surface area (Å²) in [6, 6.07) is 2.03. The maximum atomic E-state index is 13.2. The summed E-state index contributed by atoms with van der Waals surface area (Å²) >= 11 is 1.34. The molecule has 2 atom stereocenters. The molecule has 1 rings (SSSR count). The van der Waals surface area contributed by atoms with Gasteiger partial charge in [0, 0.05) is 11.4 Å². The molecule has 0 heterocycles. The fourth-order valence-electron chi connectivity index (χ4n) is 1.46. The maximum absolute atomic E-state index is 13.2. The van der Waals surface area contributed by atoms with Gasteiger partial charge >= 0.3 is 6.18 Å². The van der Waals surface area contributed by atoms with E-state index in [1.807, 2.05) is 0 Å². The van der Waals surface area contributed by atoms with Crippen LogP contribution in [0.3, 0.4) is 0 Å². The fourth-order valence-corrected chi connectivity index (χ4v) is 2.71. The minimum absolute atomic E-state index is 0.0554. The van der Waals surface area contributed by atoms with Crippen molar-refractivity contribution in [2.75, 3.05) is 7.11 Å². The third-order valence-electron chi connectivity index (χ3n) is 2.62. The quantitative estimate of drug-likeness (QED) is 0.790. The molecule has 1 N–H and O–H groups in total. The number of ether oxygens (including phenoxy) is 1. The lowest BCUT2D eigenvalue weighted by Crippen LogP contribution is -2.45. The van der Waals surface area contributed by atoms with Gasteiger partial charge in [0.1, 0.15) is 10.5 Å². The summed E-state index contributed by atoms with van der Waals surface area (Å²) in [6.07, 6.45) is -4.57. The second-order valence-corrected chi connectivity index (χ2v) is 8.22. The summed E-state index contributed by atoms with van der Waals surface area (Å²) in [4.78, 5) is 0. The molecule has 120 valence electrons. The molecular weight excluding hydrogens is 371 g/mol. The van der Waals surface area contributed by atoms with Crippen molar-refractivity contribution in [1.29, 1.82) is 0 Å². The predicted octanol–water partition coefficient (Wildman–Crippen LogP) is 4.11. The molecule has 0 aliphatic rings. The molecular formula is C13H17BrF3NO2S. The molecule has 21 heavy (non-hydrogen) atoms. The van der Waals surface area contributed by atoms with Gasteiger partial charge in [-0.3, -0.25) is 0 Å². The zero-order valence-corrected chi connectivity index (χ0v) is 14.4. The Labute approximate surface area is 133 Å². The second kappa shape index (κ2) is 6.76. The van der Waals surface area contributed by atoms with E-state index in [1.54, 1.807) is 20.8 Å². The Bertz CT molecular complexity index is 491. The van der Waals surface area contributed by atoms with E-state index in [9.17, 15) is 17.7 Å². The minimum Gasteiger partial charge on any atom is -0.598 e. The summed E-state index contributed by atoms with van der Waals surface area (Å²) in [5.41, 5.74) is -0.0554. The number of hydrogen-bond donors (Lipinski definition) is 1. The van der Waals surface area contributed by atoms with E-state index in [2.05, 4.69) is 20.7 Å². The van der Waals surface area contributed by atoms with Crippen LogP contribution < -0.4 is 9.46 Å². The third kappa shape index (κ3) is 5.05. The number of rotatable bonds is 4. The number of nitrogens with one attached hydrogen (secondary N) is 1. The maximum Gasteiger partial charge on any atom is 0.412 e. The Balaban J connectivity index is 3.15. The van der Waals surface area contributed by atoms with Gasteiger partial charge in [0.2, 0.25) is 0 Å². The van der Waals surface area contributed by atoms with Gasteiger partial charge in [-0.1, -0.05) is 6.07 Å². The number of benzene rings is 1. The van der Waals surface area contributed by atoms with Crippen LogP contribution in [0, 0.1) is 0 Å². The number of halogens is 4. The Kier molecular flexibility index (Phi) is 5.99. The van der Waals surface area contributed by atoms with Gasteiger partial charge in [0.05, 0.1) is 11.6 Å². The molecule has 1 aromatic rings. The van der Waals surface area contributed by atoms with Crippen LogP contribution in [-0.4, -0.2) is 22.6 Å². The highest BCUT2D eigenvalue weighted by Gasteiger charge is 2.45. The van der Waals surface area contributed by atoms with E-state index in [1.165, 1.54) is 25.3 Å². The van der Waals surface area contributed by atoms with Gasteiger partial charge in [-0.25, -0.2) is 0 Å². The highest BCUT2D eigenvalue weighted by Crippen LogP contribution is 2.37.